The number of aromatic nitrogens is 1. The summed E-state index contributed by atoms with van der Waals surface area (Å²) < 4.78 is 11.1. The summed E-state index contributed by atoms with van der Waals surface area (Å²) in [4.78, 5) is 8.88. The van der Waals surface area contributed by atoms with Crippen molar-refractivity contribution in [2.24, 2.45) is 4.99 Å². The molecule has 2 N–H and O–H groups in total. The fourth-order valence-electron chi connectivity index (χ4n) is 3.41. The first-order chi connectivity index (χ1) is 15.2. The number of fused-ring (bicyclic) bond motifs is 1. The number of pyridine rings is 1. The van der Waals surface area contributed by atoms with E-state index < -0.39 is 0 Å². The number of benzene rings is 2. The zero-order valence-corrected chi connectivity index (χ0v) is 21.4. The fourth-order valence-corrected chi connectivity index (χ4v) is 3.41. The topological polar surface area (TPSA) is 67.8 Å². The number of nitrogens with zero attached hydrogens (tertiary/aromatic N) is 2. The molecule has 1 heterocycles. The highest BCUT2D eigenvalue weighted by Gasteiger charge is 2.07. The quantitative estimate of drug-likeness (QED) is 0.169. The highest BCUT2D eigenvalue weighted by atomic mass is 127. The van der Waals surface area contributed by atoms with E-state index in [0.29, 0.717) is 19.8 Å². The van der Waals surface area contributed by atoms with Gasteiger partial charge in [-0.25, -0.2) is 0 Å². The van der Waals surface area contributed by atoms with Crippen LogP contribution in [0.5, 0.6) is 5.75 Å². The van der Waals surface area contributed by atoms with Crippen LogP contribution in [0.3, 0.4) is 0 Å². The molecule has 172 valence electrons. The summed E-state index contributed by atoms with van der Waals surface area (Å²) in [6.07, 6.45) is 3.58. The van der Waals surface area contributed by atoms with Gasteiger partial charge in [-0.3, -0.25) is 9.98 Å². The van der Waals surface area contributed by atoms with Crippen molar-refractivity contribution in [3.8, 4) is 5.75 Å². The van der Waals surface area contributed by atoms with Gasteiger partial charge < -0.3 is 20.1 Å². The number of guanidine groups is 1. The molecule has 0 aliphatic carbocycles. The maximum Gasteiger partial charge on any atom is 0.191 e. The Balaban J connectivity index is 0.00000363. The smallest absolute Gasteiger partial charge is 0.191 e. The molecule has 0 spiro atoms. The van der Waals surface area contributed by atoms with Gasteiger partial charge in [-0.2, -0.15) is 0 Å². The van der Waals surface area contributed by atoms with Crippen LogP contribution in [-0.2, 0) is 17.7 Å². The van der Waals surface area contributed by atoms with Gasteiger partial charge in [-0.1, -0.05) is 36.4 Å². The average Bonchev–Trinajstić information content (AvgIpc) is 2.80. The summed E-state index contributed by atoms with van der Waals surface area (Å²) in [7, 11) is 3.49. The van der Waals surface area contributed by atoms with Crippen LogP contribution in [0, 0.1) is 6.92 Å². The van der Waals surface area contributed by atoms with E-state index in [1.54, 1.807) is 14.2 Å². The molecule has 0 amide bonds. The molecule has 0 unspecified atom stereocenters. The molecule has 32 heavy (non-hydrogen) atoms. The lowest BCUT2D eigenvalue weighted by Gasteiger charge is -2.16. The predicted molar refractivity (Wildman–Crippen MR) is 142 cm³/mol. The van der Waals surface area contributed by atoms with E-state index in [-0.39, 0.29) is 24.0 Å². The minimum absolute atomic E-state index is 0. The zero-order chi connectivity index (χ0) is 21.9. The van der Waals surface area contributed by atoms with Gasteiger partial charge >= 0.3 is 0 Å². The molecule has 2 aromatic carbocycles. The van der Waals surface area contributed by atoms with Crippen molar-refractivity contribution in [2.45, 2.75) is 26.3 Å². The molecule has 0 radical (unpaired) electrons. The van der Waals surface area contributed by atoms with E-state index in [1.165, 1.54) is 16.5 Å². The molecule has 7 heteroatoms. The Morgan fingerprint density at radius 1 is 1.03 bits per heavy atom. The molecule has 0 fully saturated rings. The molecule has 0 saturated carbocycles. The average molecular weight is 548 g/mol. The molecule has 0 aliphatic heterocycles. The summed E-state index contributed by atoms with van der Waals surface area (Å²) in [6.45, 7) is 4.80. The predicted octanol–water partition coefficient (Wildman–Crippen LogP) is 4.48. The maximum absolute atomic E-state index is 5.98. The molecular weight excluding hydrogens is 515 g/mol. The van der Waals surface area contributed by atoms with Crippen molar-refractivity contribution in [1.82, 2.24) is 15.6 Å². The van der Waals surface area contributed by atoms with Gasteiger partial charge in [0.15, 0.2) is 5.96 Å². The molecular formula is C25H33IN4O2. The number of aliphatic imine (C=N–C) groups is 1. The Morgan fingerprint density at radius 2 is 1.88 bits per heavy atom. The first-order valence-electron chi connectivity index (χ1n) is 10.7. The van der Waals surface area contributed by atoms with E-state index in [9.17, 15) is 0 Å². The number of hydrogen-bond acceptors (Lipinski definition) is 4. The lowest BCUT2D eigenvalue weighted by Crippen LogP contribution is -2.38. The van der Waals surface area contributed by atoms with E-state index >= 15 is 0 Å². The molecule has 0 bridgehead atoms. The Morgan fingerprint density at radius 3 is 2.69 bits per heavy atom. The summed E-state index contributed by atoms with van der Waals surface area (Å²) in [5.41, 5.74) is 4.57. The molecule has 0 atom stereocenters. The highest BCUT2D eigenvalue weighted by molar-refractivity contribution is 14.0. The largest absolute Gasteiger partial charge is 0.493 e. The normalized spacial score (nSPS) is 11.2. The molecule has 3 aromatic rings. The van der Waals surface area contributed by atoms with Crippen LogP contribution in [0.1, 0.15) is 23.1 Å². The summed E-state index contributed by atoms with van der Waals surface area (Å²) >= 11 is 0. The van der Waals surface area contributed by atoms with E-state index in [4.69, 9.17) is 9.47 Å². The van der Waals surface area contributed by atoms with E-state index in [0.717, 1.165) is 42.2 Å². The maximum atomic E-state index is 5.98. The van der Waals surface area contributed by atoms with Crippen molar-refractivity contribution >= 4 is 40.8 Å². The summed E-state index contributed by atoms with van der Waals surface area (Å²) in [5, 5.41) is 7.95. The Hall–Kier alpha value is -2.39. The third-order valence-electron chi connectivity index (χ3n) is 5.05. The third-order valence-corrected chi connectivity index (χ3v) is 5.05. The first-order valence-corrected chi connectivity index (χ1v) is 10.7. The zero-order valence-electron chi connectivity index (χ0n) is 19.1. The molecule has 1 aromatic heterocycles. The number of ether oxygens (including phenoxy) is 2. The van der Waals surface area contributed by atoms with Crippen LogP contribution in [-0.4, -0.2) is 44.9 Å². The fraction of sp³-hybridized carbons (Fsp3) is 0.360. The van der Waals surface area contributed by atoms with E-state index in [2.05, 4.69) is 70.0 Å². The molecule has 0 saturated heterocycles. The number of rotatable bonds is 10. The van der Waals surface area contributed by atoms with Crippen LogP contribution in [0.25, 0.3) is 10.9 Å². The first kappa shape index (κ1) is 25.9. The Labute approximate surface area is 207 Å². The monoisotopic (exact) mass is 548 g/mol. The highest BCUT2D eigenvalue weighted by Crippen LogP contribution is 2.20. The second kappa shape index (κ2) is 13.9. The van der Waals surface area contributed by atoms with Crippen LogP contribution >= 0.6 is 24.0 Å². The summed E-state index contributed by atoms with van der Waals surface area (Å²) in [6, 6.07) is 16.6. The standard InChI is InChI=1S/C25H32N4O2.HI/c1-19-10-11-22(23(17-19)31-16-6-15-30-3)18-29-25(26-2)28-14-12-21-8-4-7-20-9-5-13-27-24(20)21;/h4-5,7-11,13,17H,6,12,14-16,18H2,1-3H3,(H2,26,28,29);1H. The van der Waals surface area contributed by atoms with Gasteiger partial charge in [0, 0.05) is 57.4 Å². The van der Waals surface area contributed by atoms with Crippen LogP contribution < -0.4 is 15.4 Å². The Bertz CT molecular complexity index is 1000. The number of hydrogen-bond donors (Lipinski definition) is 2. The van der Waals surface area contributed by atoms with Crippen molar-refractivity contribution < 1.29 is 9.47 Å². The number of nitrogens with one attached hydrogen (secondary N) is 2. The van der Waals surface area contributed by atoms with Crippen molar-refractivity contribution in [2.75, 3.05) is 33.9 Å². The van der Waals surface area contributed by atoms with Crippen molar-refractivity contribution in [3.05, 3.63) is 71.4 Å². The van der Waals surface area contributed by atoms with Gasteiger partial charge in [-0.05, 0) is 36.6 Å². The van der Waals surface area contributed by atoms with Crippen molar-refractivity contribution in [1.29, 1.82) is 0 Å². The second-order valence-electron chi connectivity index (χ2n) is 7.40. The number of aryl methyl sites for hydroxylation is 1. The van der Waals surface area contributed by atoms with Crippen LogP contribution in [0.15, 0.2) is 59.7 Å². The summed E-state index contributed by atoms with van der Waals surface area (Å²) in [5.74, 6) is 1.67. The number of para-hydroxylation sites is 1. The minimum atomic E-state index is 0. The van der Waals surface area contributed by atoms with Gasteiger partial charge in [0.2, 0.25) is 0 Å². The van der Waals surface area contributed by atoms with Gasteiger partial charge in [0.1, 0.15) is 5.75 Å². The number of methoxy groups -OCH3 is 1. The second-order valence-corrected chi connectivity index (χ2v) is 7.40. The molecule has 0 aliphatic rings. The van der Waals surface area contributed by atoms with Crippen molar-refractivity contribution in [3.63, 3.8) is 0 Å². The lowest BCUT2D eigenvalue weighted by molar-refractivity contribution is 0.172. The van der Waals surface area contributed by atoms with Crippen LogP contribution in [0.4, 0.5) is 0 Å². The SMILES string of the molecule is CN=C(NCCc1cccc2cccnc12)NCc1ccc(C)cc1OCCCOC.I. The van der Waals surface area contributed by atoms with Gasteiger partial charge in [0.05, 0.1) is 12.1 Å². The third kappa shape index (κ3) is 7.63. The molecule has 3 rings (SSSR count). The molecule has 6 nitrogen and oxygen atoms in total. The van der Waals surface area contributed by atoms with Crippen LogP contribution in [0.2, 0.25) is 0 Å². The minimum Gasteiger partial charge on any atom is -0.493 e. The van der Waals surface area contributed by atoms with Gasteiger partial charge in [-0.15, -0.1) is 24.0 Å². The lowest BCUT2D eigenvalue weighted by atomic mass is 10.1. The van der Waals surface area contributed by atoms with Gasteiger partial charge in [0.25, 0.3) is 0 Å². The van der Waals surface area contributed by atoms with E-state index in [1.807, 2.05) is 12.3 Å². The number of halogens is 1. The Kier molecular flexibility index (Phi) is 11.2.